The van der Waals surface area contributed by atoms with Crippen molar-refractivity contribution < 1.29 is 8.42 Å². The summed E-state index contributed by atoms with van der Waals surface area (Å²) in [4.78, 5) is 3.76. The van der Waals surface area contributed by atoms with Crippen molar-refractivity contribution in [3.63, 3.8) is 0 Å². The minimum absolute atomic E-state index is 0.116. The van der Waals surface area contributed by atoms with Crippen LogP contribution in [0.15, 0.2) is 35.7 Å². The highest BCUT2D eigenvalue weighted by molar-refractivity contribution is 7.89. The molecule has 0 aliphatic carbocycles. The first-order valence-corrected chi connectivity index (χ1v) is 6.62. The summed E-state index contributed by atoms with van der Waals surface area (Å²) in [6.45, 7) is 0.563. The van der Waals surface area contributed by atoms with Gasteiger partial charge >= 0.3 is 0 Å². The average molecular weight is 268 g/mol. The minimum atomic E-state index is -3.69. The first-order chi connectivity index (χ1) is 8.59. The Hall–Kier alpha value is -2.00. The molecule has 2 aromatic heterocycles. The van der Waals surface area contributed by atoms with Gasteiger partial charge in [0.05, 0.1) is 18.4 Å². The molecule has 9 heteroatoms. The Kier molecular flexibility index (Phi) is 3.53. The van der Waals surface area contributed by atoms with Crippen molar-refractivity contribution in [2.24, 2.45) is 0 Å². The molecule has 0 fully saturated rings. The lowest BCUT2D eigenvalue weighted by molar-refractivity contribution is 0.551. The van der Waals surface area contributed by atoms with E-state index >= 15 is 0 Å². The van der Waals surface area contributed by atoms with Crippen molar-refractivity contribution in [2.45, 2.75) is 11.6 Å². The number of nitrogens with one attached hydrogen (secondary N) is 1. The third-order valence-corrected chi connectivity index (χ3v) is 3.59. The van der Waals surface area contributed by atoms with E-state index in [0.29, 0.717) is 6.54 Å². The molecule has 0 amide bonds. The summed E-state index contributed by atoms with van der Waals surface area (Å²) in [6, 6.07) is 3.06. The Labute approximate surface area is 104 Å². The normalized spacial score (nSPS) is 11.6. The summed E-state index contributed by atoms with van der Waals surface area (Å²) in [5, 5.41) is 7.17. The van der Waals surface area contributed by atoms with E-state index in [1.165, 1.54) is 23.1 Å². The Morgan fingerprint density at radius 3 is 2.89 bits per heavy atom. The molecule has 0 aromatic carbocycles. The molecule has 2 aromatic rings. The second-order valence-corrected chi connectivity index (χ2v) is 5.14. The highest BCUT2D eigenvalue weighted by Crippen LogP contribution is 2.12. The Morgan fingerprint density at radius 2 is 2.22 bits per heavy atom. The number of nitrogen functional groups attached to an aromatic ring is 1. The van der Waals surface area contributed by atoms with Gasteiger partial charge in [-0.25, -0.2) is 18.1 Å². The van der Waals surface area contributed by atoms with E-state index in [9.17, 15) is 8.42 Å². The summed E-state index contributed by atoms with van der Waals surface area (Å²) in [5.41, 5.74) is 5.68. The van der Waals surface area contributed by atoms with Gasteiger partial charge in [-0.05, 0) is 12.1 Å². The highest BCUT2D eigenvalue weighted by atomic mass is 32.2. The van der Waals surface area contributed by atoms with Crippen molar-refractivity contribution in [3.8, 4) is 0 Å². The maximum atomic E-state index is 11.9. The first kappa shape index (κ1) is 12.5. The molecule has 0 aliphatic rings. The van der Waals surface area contributed by atoms with Crippen LogP contribution in [-0.4, -0.2) is 34.9 Å². The number of sulfonamides is 1. The zero-order valence-electron chi connectivity index (χ0n) is 9.39. The predicted octanol–water partition coefficient (Wildman–Crippen LogP) is -0.766. The summed E-state index contributed by atoms with van der Waals surface area (Å²) in [7, 11) is -3.69. The molecular formula is C9H12N6O2S. The molecule has 0 saturated heterocycles. The molecule has 8 nitrogen and oxygen atoms in total. The van der Waals surface area contributed by atoms with Crippen LogP contribution in [0.2, 0.25) is 0 Å². The van der Waals surface area contributed by atoms with Crippen LogP contribution in [0.5, 0.6) is 0 Å². The lowest BCUT2D eigenvalue weighted by atomic mass is 10.4. The van der Waals surface area contributed by atoms with Gasteiger partial charge in [0.25, 0.3) is 10.0 Å². The molecule has 0 aliphatic heterocycles. The minimum Gasteiger partial charge on any atom is -0.396 e. The number of aromatic nitrogens is 4. The van der Waals surface area contributed by atoms with E-state index in [2.05, 4.69) is 20.0 Å². The standard InChI is InChI=1S/C9H12N6O2S/c10-8-2-1-3-11-9(8)18(16,17)13-5-7-15-6-4-12-14-15/h1-4,6,13H,5,7,10H2. The Balaban J connectivity index is 2.02. The van der Waals surface area contributed by atoms with Crippen LogP contribution >= 0.6 is 0 Å². The van der Waals surface area contributed by atoms with E-state index < -0.39 is 10.0 Å². The van der Waals surface area contributed by atoms with Gasteiger partial charge in [-0.1, -0.05) is 5.21 Å². The summed E-state index contributed by atoms with van der Waals surface area (Å²) in [5.74, 6) is 0. The van der Waals surface area contributed by atoms with Crippen LogP contribution in [0.25, 0.3) is 0 Å². The number of rotatable bonds is 5. The van der Waals surface area contributed by atoms with Crippen molar-refractivity contribution >= 4 is 15.7 Å². The predicted molar refractivity (Wildman–Crippen MR) is 63.9 cm³/mol. The topological polar surface area (TPSA) is 116 Å². The molecule has 18 heavy (non-hydrogen) atoms. The molecule has 0 radical (unpaired) electrons. The van der Waals surface area contributed by atoms with Gasteiger partial charge in [0.15, 0.2) is 5.03 Å². The fourth-order valence-electron chi connectivity index (χ4n) is 1.34. The fourth-order valence-corrected chi connectivity index (χ4v) is 2.42. The van der Waals surface area contributed by atoms with E-state index in [1.807, 2.05) is 0 Å². The number of hydrogen-bond donors (Lipinski definition) is 2. The van der Waals surface area contributed by atoms with Crippen LogP contribution < -0.4 is 10.5 Å². The van der Waals surface area contributed by atoms with Gasteiger partial charge in [0.2, 0.25) is 0 Å². The maximum absolute atomic E-state index is 11.9. The molecular weight excluding hydrogens is 256 g/mol. The molecule has 0 saturated carbocycles. The van der Waals surface area contributed by atoms with Gasteiger partial charge in [0, 0.05) is 18.9 Å². The SMILES string of the molecule is Nc1cccnc1S(=O)(=O)NCCn1ccnn1. The highest BCUT2D eigenvalue weighted by Gasteiger charge is 2.17. The molecule has 3 N–H and O–H groups in total. The Morgan fingerprint density at radius 1 is 1.39 bits per heavy atom. The third kappa shape index (κ3) is 2.81. The summed E-state index contributed by atoms with van der Waals surface area (Å²) >= 11 is 0. The summed E-state index contributed by atoms with van der Waals surface area (Å²) < 4.78 is 27.7. The number of hydrogen-bond acceptors (Lipinski definition) is 6. The van der Waals surface area contributed by atoms with Crippen molar-refractivity contribution in [3.05, 3.63) is 30.7 Å². The molecule has 0 spiro atoms. The fraction of sp³-hybridized carbons (Fsp3) is 0.222. The molecule has 96 valence electrons. The van der Waals surface area contributed by atoms with Crippen LogP contribution in [-0.2, 0) is 16.6 Å². The second kappa shape index (κ2) is 5.10. The van der Waals surface area contributed by atoms with E-state index in [4.69, 9.17) is 5.73 Å². The number of pyridine rings is 1. The van der Waals surface area contributed by atoms with Crippen LogP contribution in [0, 0.1) is 0 Å². The maximum Gasteiger partial charge on any atom is 0.260 e. The monoisotopic (exact) mass is 268 g/mol. The number of nitrogens with zero attached hydrogens (tertiary/aromatic N) is 4. The zero-order chi connectivity index (χ0) is 13.0. The Bertz CT molecular complexity index is 610. The van der Waals surface area contributed by atoms with Gasteiger partial charge in [0.1, 0.15) is 0 Å². The van der Waals surface area contributed by atoms with E-state index in [-0.39, 0.29) is 17.3 Å². The zero-order valence-corrected chi connectivity index (χ0v) is 10.2. The molecule has 2 heterocycles. The second-order valence-electron chi connectivity index (χ2n) is 3.46. The molecule has 2 rings (SSSR count). The van der Waals surface area contributed by atoms with Crippen molar-refractivity contribution in [1.82, 2.24) is 24.7 Å². The van der Waals surface area contributed by atoms with Crippen molar-refractivity contribution in [1.29, 1.82) is 0 Å². The van der Waals surface area contributed by atoms with Gasteiger partial charge < -0.3 is 5.73 Å². The summed E-state index contributed by atoms with van der Waals surface area (Å²) in [6.07, 6.45) is 4.54. The van der Waals surface area contributed by atoms with E-state index in [1.54, 1.807) is 12.3 Å². The number of nitrogens with two attached hydrogens (primary N) is 1. The molecule has 0 bridgehead atoms. The molecule has 0 unspecified atom stereocenters. The number of anilines is 1. The largest absolute Gasteiger partial charge is 0.396 e. The molecule has 0 atom stereocenters. The first-order valence-electron chi connectivity index (χ1n) is 5.14. The van der Waals surface area contributed by atoms with E-state index in [0.717, 1.165) is 0 Å². The lowest BCUT2D eigenvalue weighted by Crippen LogP contribution is -2.29. The van der Waals surface area contributed by atoms with Gasteiger partial charge in [-0.2, -0.15) is 0 Å². The van der Waals surface area contributed by atoms with Gasteiger partial charge in [-0.15, -0.1) is 5.10 Å². The smallest absolute Gasteiger partial charge is 0.260 e. The quantitative estimate of drug-likeness (QED) is 0.736. The lowest BCUT2D eigenvalue weighted by Gasteiger charge is -2.07. The third-order valence-electron chi connectivity index (χ3n) is 2.16. The van der Waals surface area contributed by atoms with Crippen molar-refractivity contribution in [2.75, 3.05) is 12.3 Å². The van der Waals surface area contributed by atoms with Crippen LogP contribution in [0.3, 0.4) is 0 Å². The average Bonchev–Trinajstić information content (AvgIpc) is 2.82. The van der Waals surface area contributed by atoms with Crippen LogP contribution in [0.4, 0.5) is 5.69 Å². The van der Waals surface area contributed by atoms with Crippen LogP contribution in [0.1, 0.15) is 0 Å². The van der Waals surface area contributed by atoms with Gasteiger partial charge in [-0.3, -0.25) is 4.68 Å².